The first-order valence-corrected chi connectivity index (χ1v) is 14.9. The third-order valence-electron chi connectivity index (χ3n) is 7.39. The van der Waals surface area contributed by atoms with Crippen LogP contribution in [0.1, 0.15) is 63.2 Å². The van der Waals surface area contributed by atoms with E-state index in [1.54, 1.807) is 30.3 Å². The number of nitrogens with zero attached hydrogens (tertiary/aromatic N) is 3. The van der Waals surface area contributed by atoms with Crippen molar-refractivity contribution in [2.75, 3.05) is 0 Å². The number of benzene rings is 2. The van der Waals surface area contributed by atoms with Crippen LogP contribution in [0.15, 0.2) is 71.9 Å². The number of aromatic nitrogens is 3. The van der Waals surface area contributed by atoms with Crippen LogP contribution in [0, 0.1) is 0 Å². The number of rotatable bonds is 6. The third-order valence-corrected chi connectivity index (χ3v) is 10.7. The summed E-state index contributed by atoms with van der Waals surface area (Å²) in [6, 6.07) is 17.1. The van der Waals surface area contributed by atoms with E-state index in [1.807, 2.05) is 57.4 Å². The number of hydrogen-bond donors (Lipinski definition) is 1. The minimum Gasteiger partial charge on any atom is -0.328 e. The van der Waals surface area contributed by atoms with Crippen LogP contribution in [0.2, 0.25) is 0 Å². The molecule has 1 N–H and O–H groups in total. The van der Waals surface area contributed by atoms with Crippen molar-refractivity contribution in [3.8, 4) is 0 Å². The third kappa shape index (κ3) is 3.67. The summed E-state index contributed by atoms with van der Waals surface area (Å²) in [4.78, 5) is 5.01. The lowest BCUT2D eigenvalue weighted by molar-refractivity contribution is 0.507. The van der Waals surface area contributed by atoms with Crippen LogP contribution in [0.3, 0.4) is 0 Å². The maximum absolute atomic E-state index is 14.1. The highest BCUT2D eigenvalue weighted by Gasteiger charge is 2.50. The highest BCUT2D eigenvalue weighted by atomic mass is 32.2. The van der Waals surface area contributed by atoms with Gasteiger partial charge in [0.2, 0.25) is 0 Å². The van der Waals surface area contributed by atoms with E-state index in [4.69, 9.17) is 4.98 Å². The van der Waals surface area contributed by atoms with Crippen molar-refractivity contribution in [2.45, 2.75) is 67.7 Å². The summed E-state index contributed by atoms with van der Waals surface area (Å²) in [6.07, 6.45) is 6.12. The second-order valence-electron chi connectivity index (χ2n) is 10.8. The van der Waals surface area contributed by atoms with Gasteiger partial charge in [-0.05, 0) is 70.7 Å². The fourth-order valence-electron chi connectivity index (χ4n) is 5.25. The summed E-state index contributed by atoms with van der Waals surface area (Å²) in [5.74, 6) is 0. The molecule has 6 rings (SSSR count). The molecule has 4 aromatic rings. The average molecular weight is 523 g/mol. The normalized spacial score (nSPS) is 18.4. The topological polar surface area (TPSA) is 86.0 Å². The van der Waals surface area contributed by atoms with Crippen molar-refractivity contribution in [1.82, 2.24) is 18.2 Å². The lowest BCUT2D eigenvalue weighted by Gasteiger charge is -2.25. The number of para-hydroxylation sites is 1. The minimum absolute atomic E-state index is 0.164. The van der Waals surface area contributed by atoms with Gasteiger partial charge in [-0.3, -0.25) is 0 Å². The lowest BCUT2D eigenvalue weighted by atomic mass is 10.1. The van der Waals surface area contributed by atoms with Crippen LogP contribution in [0.25, 0.3) is 10.9 Å². The number of hydrogen-bond acceptors (Lipinski definition) is 4. The molecular formula is C27H30N4O3S2. The van der Waals surface area contributed by atoms with E-state index in [9.17, 15) is 12.6 Å². The first kappa shape index (κ1) is 23.6. The molecule has 2 aromatic carbocycles. The van der Waals surface area contributed by atoms with Gasteiger partial charge in [-0.25, -0.2) is 26.3 Å². The maximum atomic E-state index is 14.1. The van der Waals surface area contributed by atoms with Gasteiger partial charge in [0, 0.05) is 16.6 Å². The first-order valence-electron chi connectivity index (χ1n) is 12.3. The maximum Gasteiger partial charge on any atom is 0.268 e. The van der Waals surface area contributed by atoms with Gasteiger partial charge in [0.1, 0.15) is 6.04 Å². The van der Waals surface area contributed by atoms with Gasteiger partial charge in [-0.2, -0.15) is 0 Å². The van der Waals surface area contributed by atoms with Gasteiger partial charge in [0.05, 0.1) is 43.9 Å². The van der Waals surface area contributed by atoms with Crippen LogP contribution >= 0.6 is 0 Å². The molecule has 0 amide bonds. The monoisotopic (exact) mass is 522 g/mol. The summed E-state index contributed by atoms with van der Waals surface area (Å²) in [7, 11) is -5.40. The van der Waals surface area contributed by atoms with E-state index in [-0.39, 0.29) is 10.4 Å². The van der Waals surface area contributed by atoms with Crippen molar-refractivity contribution in [2.24, 2.45) is 0 Å². The molecule has 1 fully saturated rings. The SMILES string of the molecule is CC(C)(C)[S@](=O)N[C@@H](c1ncn2c1CCC21CC1)c1cc2ccccc2n1S(=O)(=O)c1ccccc1. The lowest BCUT2D eigenvalue weighted by Crippen LogP contribution is -2.37. The zero-order valence-corrected chi connectivity index (χ0v) is 22.3. The molecule has 0 radical (unpaired) electrons. The van der Waals surface area contributed by atoms with Crippen LogP contribution in [0.4, 0.5) is 0 Å². The molecule has 2 aliphatic rings. The van der Waals surface area contributed by atoms with Gasteiger partial charge in [-0.15, -0.1) is 0 Å². The van der Waals surface area contributed by atoms with E-state index in [1.165, 1.54) is 3.97 Å². The van der Waals surface area contributed by atoms with Crippen molar-refractivity contribution >= 4 is 31.9 Å². The van der Waals surface area contributed by atoms with Crippen LogP contribution in [-0.2, 0) is 33.0 Å². The average Bonchev–Trinajstić information content (AvgIpc) is 3.19. The molecule has 188 valence electrons. The highest BCUT2D eigenvalue weighted by Crippen LogP contribution is 2.53. The summed E-state index contributed by atoms with van der Waals surface area (Å²) < 4.78 is 48.0. The molecule has 0 saturated heterocycles. The van der Waals surface area contributed by atoms with E-state index in [0.29, 0.717) is 11.2 Å². The molecule has 2 atom stereocenters. The highest BCUT2D eigenvalue weighted by molar-refractivity contribution is 7.90. The minimum atomic E-state index is -3.94. The molecular weight excluding hydrogens is 492 g/mol. The second kappa shape index (κ2) is 8.13. The quantitative estimate of drug-likeness (QED) is 0.399. The summed E-state index contributed by atoms with van der Waals surface area (Å²) >= 11 is 0. The molecule has 2 aromatic heterocycles. The summed E-state index contributed by atoms with van der Waals surface area (Å²) in [5.41, 5.74) is 3.11. The Labute approximate surface area is 214 Å². The Morgan fingerprint density at radius 3 is 2.42 bits per heavy atom. The van der Waals surface area contributed by atoms with Crippen LogP contribution < -0.4 is 4.72 Å². The number of fused-ring (bicyclic) bond motifs is 3. The van der Waals surface area contributed by atoms with Gasteiger partial charge in [0.15, 0.2) is 0 Å². The standard InChI is InChI=1S/C27H30N4O3S2/c1-26(2,3)35(32)29-25(24-22-13-14-27(15-16-27)30(22)18-28-24)23-17-19-9-7-8-12-21(19)31(23)36(33,34)20-10-5-4-6-11-20/h4-12,17-18,25,29H,13-16H2,1-3H3/t25-,35+/m1/s1. The van der Waals surface area contributed by atoms with Gasteiger partial charge < -0.3 is 4.57 Å². The van der Waals surface area contributed by atoms with Gasteiger partial charge >= 0.3 is 0 Å². The van der Waals surface area contributed by atoms with Crippen molar-refractivity contribution in [3.63, 3.8) is 0 Å². The van der Waals surface area contributed by atoms with E-state index in [2.05, 4.69) is 9.29 Å². The molecule has 7 nitrogen and oxygen atoms in total. The van der Waals surface area contributed by atoms with Crippen LogP contribution in [-0.4, -0.2) is 30.9 Å². The van der Waals surface area contributed by atoms with Crippen molar-refractivity contribution in [3.05, 3.63) is 84.1 Å². The van der Waals surface area contributed by atoms with Crippen LogP contribution in [0.5, 0.6) is 0 Å². The summed E-state index contributed by atoms with van der Waals surface area (Å²) in [5, 5.41) is 0.801. The van der Waals surface area contributed by atoms with E-state index >= 15 is 0 Å². The molecule has 0 bridgehead atoms. The fourth-order valence-corrected chi connectivity index (χ4v) is 7.62. The number of imidazole rings is 1. The molecule has 3 heterocycles. The molecule has 1 aliphatic carbocycles. The van der Waals surface area contributed by atoms with Crippen molar-refractivity contribution in [1.29, 1.82) is 0 Å². The molecule has 0 unspecified atom stereocenters. The Morgan fingerprint density at radius 1 is 1.03 bits per heavy atom. The molecule has 1 spiro atoms. The Bertz CT molecular complexity index is 1590. The van der Waals surface area contributed by atoms with Gasteiger partial charge in [-0.1, -0.05) is 36.4 Å². The Morgan fingerprint density at radius 2 is 1.72 bits per heavy atom. The Kier molecular flexibility index (Phi) is 5.34. The predicted molar refractivity (Wildman–Crippen MR) is 142 cm³/mol. The predicted octanol–water partition coefficient (Wildman–Crippen LogP) is 4.65. The molecule has 9 heteroatoms. The summed E-state index contributed by atoms with van der Waals surface area (Å²) in [6.45, 7) is 5.71. The molecule has 1 saturated carbocycles. The van der Waals surface area contributed by atoms with Crippen molar-refractivity contribution < 1.29 is 12.6 Å². The Balaban J connectivity index is 1.59. The zero-order chi connectivity index (χ0) is 25.3. The number of nitrogens with one attached hydrogen (secondary N) is 1. The smallest absolute Gasteiger partial charge is 0.268 e. The largest absolute Gasteiger partial charge is 0.328 e. The van der Waals surface area contributed by atoms with E-state index < -0.39 is 31.8 Å². The molecule has 1 aliphatic heterocycles. The Hall–Kier alpha value is -2.75. The van der Waals surface area contributed by atoms with Gasteiger partial charge in [0.25, 0.3) is 10.0 Å². The van der Waals surface area contributed by atoms with E-state index in [0.717, 1.165) is 42.5 Å². The second-order valence-corrected chi connectivity index (χ2v) is 14.6. The first-order chi connectivity index (χ1) is 17.1. The zero-order valence-electron chi connectivity index (χ0n) is 20.6. The molecule has 36 heavy (non-hydrogen) atoms. The fraction of sp³-hybridized carbons (Fsp3) is 0.370.